The summed E-state index contributed by atoms with van der Waals surface area (Å²) in [6.07, 6.45) is 3.68. The minimum absolute atomic E-state index is 0.0449. The van der Waals surface area contributed by atoms with Gasteiger partial charge in [0.1, 0.15) is 17.6 Å². The summed E-state index contributed by atoms with van der Waals surface area (Å²) in [6.45, 7) is 3.28. The van der Waals surface area contributed by atoms with Crippen LogP contribution in [-0.2, 0) is 0 Å². The first kappa shape index (κ1) is 23.2. The smallest absolute Gasteiger partial charge is 0.321 e. The van der Waals surface area contributed by atoms with Gasteiger partial charge in [0.25, 0.3) is 0 Å². The molecular formula is C25H32FN3O4. The van der Waals surface area contributed by atoms with Gasteiger partial charge in [-0.1, -0.05) is 12.1 Å². The molecule has 0 saturated carbocycles. The minimum Gasteiger partial charge on any atom is -0.497 e. The lowest BCUT2D eigenvalue weighted by Crippen LogP contribution is -2.50. The number of nitrogens with zero attached hydrogens (tertiary/aromatic N) is 2. The van der Waals surface area contributed by atoms with Gasteiger partial charge < -0.3 is 24.4 Å². The number of piperidine rings is 2. The van der Waals surface area contributed by atoms with E-state index in [-0.39, 0.29) is 18.0 Å². The Morgan fingerprint density at radius 1 is 0.939 bits per heavy atom. The van der Waals surface area contributed by atoms with Gasteiger partial charge in [-0.25, -0.2) is 9.18 Å². The van der Waals surface area contributed by atoms with Crippen molar-refractivity contribution < 1.29 is 23.4 Å². The van der Waals surface area contributed by atoms with E-state index in [4.69, 9.17) is 14.2 Å². The zero-order chi connectivity index (χ0) is 23.2. The Bertz CT molecular complexity index is 941. The van der Waals surface area contributed by atoms with E-state index in [1.807, 2.05) is 4.90 Å². The second-order valence-electron chi connectivity index (χ2n) is 8.50. The number of hydrogen-bond donors (Lipinski definition) is 1. The summed E-state index contributed by atoms with van der Waals surface area (Å²) in [5.41, 5.74) is 0.627. The summed E-state index contributed by atoms with van der Waals surface area (Å²) < 4.78 is 30.3. The number of amides is 2. The molecule has 0 radical (unpaired) electrons. The number of urea groups is 1. The molecule has 0 bridgehead atoms. The standard InChI is InChI=1S/C25H32FN3O4/c1-31-20-7-8-22(24(17-20)32-2)27-25(30)29-13-9-18(10-14-29)28-15-11-19(12-16-28)33-23-6-4-3-5-21(23)26/h3-8,17-19H,9-16H2,1-2H3,(H,27,30). The average Bonchev–Trinajstić information content (AvgIpc) is 2.86. The Morgan fingerprint density at radius 2 is 1.67 bits per heavy atom. The summed E-state index contributed by atoms with van der Waals surface area (Å²) in [5.74, 6) is 1.27. The summed E-state index contributed by atoms with van der Waals surface area (Å²) in [5, 5.41) is 2.96. The van der Waals surface area contributed by atoms with E-state index < -0.39 is 0 Å². The van der Waals surface area contributed by atoms with Crippen LogP contribution < -0.4 is 19.5 Å². The highest BCUT2D eigenvalue weighted by atomic mass is 19.1. The van der Waals surface area contributed by atoms with Crippen LogP contribution in [0.25, 0.3) is 0 Å². The SMILES string of the molecule is COc1ccc(NC(=O)N2CCC(N3CCC(Oc4ccccc4F)CC3)CC2)c(OC)c1. The van der Waals surface area contributed by atoms with Gasteiger partial charge in [-0.3, -0.25) is 4.90 Å². The van der Waals surface area contributed by atoms with E-state index in [2.05, 4.69) is 10.2 Å². The lowest BCUT2D eigenvalue weighted by atomic mass is 9.99. The van der Waals surface area contributed by atoms with Gasteiger partial charge in [0.2, 0.25) is 0 Å². The molecule has 33 heavy (non-hydrogen) atoms. The van der Waals surface area contributed by atoms with Crippen molar-refractivity contribution in [2.75, 3.05) is 45.7 Å². The van der Waals surface area contributed by atoms with Crippen LogP contribution in [0.4, 0.5) is 14.9 Å². The Balaban J connectivity index is 1.23. The molecule has 2 aromatic carbocycles. The summed E-state index contributed by atoms with van der Waals surface area (Å²) in [7, 11) is 3.16. The number of likely N-dealkylation sites (tertiary alicyclic amines) is 2. The second kappa shape index (κ2) is 10.7. The third-order valence-electron chi connectivity index (χ3n) is 6.53. The minimum atomic E-state index is -0.308. The molecule has 2 amide bonds. The van der Waals surface area contributed by atoms with Gasteiger partial charge >= 0.3 is 6.03 Å². The van der Waals surface area contributed by atoms with Crippen LogP contribution >= 0.6 is 0 Å². The van der Waals surface area contributed by atoms with Crippen molar-refractivity contribution in [3.63, 3.8) is 0 Å². The molecule has 178 valence electrons. The Kier molecular flexibility index (Phi) is 7.54. The van der Waals surface area contributed by atoms with Crippen molar-refractivity contribution in [2.24, 2.45) is 0 Å². The molecule has 2 fully saturated rings. The van der Waals surface area contributed by atoms with Crippen LogP contribution in [0.5, 0.6) is 17.2 Å². The molecule has 0 aromatic heterocycles. The van der Waals surface area contributed by atoms with E-state index >= 15 is 0 Å². The Hall–Kier alpha value is -3.00. The zero-order valence-electron chi connectivity index (χ0n) is 19.3. The maximum atomic E-state index is 13.8. The highest BCUT2D eigenvalue weighted by Gasteiger charge is 2.30. The fraction of sp³-hybridized carbons (Fsp3) is 0.480. The van der Waals surface area contributed by atoms with E-state index in [1.165, 1.54) is 6.07 Å². The lowest BCUT2D eigenvalue weighted by molar-refractivity contribution is 0.0529. The van der Waals surface area contributed by atoms with Crippen LogP contribution in [0, 0.1) is 5.82 Å². The average molecular weight is 458 g/mol. The molecule has 0 atom stereocenters. The molecule has 0 unspecified atom stereocenters. The van der Waals surface area contributed by atoms with Gasteiger partial charge in [0.05, 0.1) is 19.9 Å². The molecule has 0 aliphatic carbocycles. The highest BCUT2D eigenvalue weighted by molar-refractivity contribution is 5.91. The number of methoxy groups -OCH3 is 2. The number of halogens is 1. The van der Waals surface area contributed by atoms with Crippen molar-refractivity contribution in [3.05, 3.63) is 48.3 Å². The number of para-hydroxylation sites is 1. The molecular weight excluding hydrogens is 425 g/mol. The topological polar surface area (TPSA) is 63.3 Å². The number of hydrogen-bond acceptors (Lipinski definition) is 5. The molecule has 1 N–H and O–H groups in total. The highest BCUT2D eigenvalue weighted by Crippen LogP contribution is 2.30. The lowest BCUT2D eigenvalue weighted by Gasteiger charge is -2.41. The third kappa shape index (κ3) is 5.68. The van der Waals surface area contributed by atoms with Gasteiger partial charge in [-0.05, 0) is 49.9 Å². The molecule has 2 aliphatic rings. The molecule has 2 aliphatic heterocycles. The summed E-state index contributed by atoms with van der Waals surface area (Å²) in [6, 6.07) is 12.3. The number of ether oxygens (including phenoxy) is 3. The zero-order valence-corrected chi connectivity index (χ0v) is 19.3. The third-order valence-corrected chi connectivity index (χ3v) is 6.53. The molecule has 2 heterocycles. The van der Waals surface area contributed by atoms with Crippen molar-refractivity contribution in [3.8, 4) is 17.2 Å². The van der Waals surface area contributed by atoms with Crippen molar-refractivity contribution >= 4 is 11.7 Å². The number of benzene rings is 2. The summed E-state index contributed by atoms with van der Waals surface area (Å²) in [4.78, 5) is 17.1. The predicted molar refractivity (Wildman–Crippen MR) is 125 cm³/mol. The van der Waals surface area contributed by atoms with Crippen molar-refractivity contribution in [2.45, 2.75) is 37.8 Å². The van der Waals surface area contributed by atoms with E-state index in [0.29, 0.717) is 42.1 Å². The Morgan fingerprint density at radius 3 is 2.33 bits per heavy atom. The first-order chi connectivity index (χ1) is 16.1. The van der Waals surface area contributed by atoms with Crippen molar-refractivity contribution in [1.82, 2.24) is 9.80 Å². The number of anilines is 1. The number of rotatable bonds is 6. The maximum Gasteiger partial charge on any atom is 0.321 e. The van der Waals surface area contributed by atoms with Crippen LogP contribution in [0.3, 0.4) is 0 Å². The van der Waals surface area contributed by atoms with E-state index in [0.717, 1.165) is 38.8 Å². The first-order valence-corrected chi connectivity index (χ1v) is 11.5. The summed E-state index contributed by atoms with van der Waals surface area (Å²) >= 11 is 0. The molecule has 4 rings (SSSR count). The molecule has 0 spiro atoms. The molecule has 2 saturated heterocycles. The molecule has 2 aromatic rings. The van der Waals surface area contributed by atoms with Crippen LogP contribution in [0.15, 0.2) is 42.5 Å². The van der Waals surface area contributed by atoms with Gasteiger partial charge in [0.15, 0.2) is 11.6 Å². The quantitative estimate of drug-likeness (QED) is 0.698. The van der Waals surface area contributed by atoms with Crippen molar-refractivity contribution in [1.29, 1.82) is 0 Å². The number of carbonyl (C=O) groups is 1. The normalized spacial score (nSPS) is 18.1. The largest absolute Gasteiger partial charge is 0.497 e. The molecule has 8 heteroatoms. The predicted octanol–water partition coefficient (Wildman–Crippen LogP) is 4.38. The van der Waals surface area contributed by atoms with E-state index in [1.54, 1.807) is 50.6 Å². The van der Waals surface area contributed by atoms with Crippen LogP contribution in [-0.4, -0.2) is 68.4 Å². The monoisotopic (exact) mass is 457 g/mol. The number of nitrogens with one attached hydrogen (secondary N) is 1. The first-order valence-electron chi connectivity index (χ1n) is 11.5. The molecule has 7 nitrogen and oxygen atoms in total. The maximum absolute atomic E-state index is 13.8. The van der Waals surface area contributed by atoms with Gasteiger partial charge in [0, 0.05) is 38.3 Å². The van der Waals surface area contributed by atoms with Gasteiger partial charge in [-0.15, -0.1) is 0 Å². The number of carbonyl (C=O) groups excluding carboxylic acids is 1. The van der Waals surface area contributed by atoms with E-state index in [9.17, 15) is 9.18 Å². The second-order valence-corrected chi connectivity index (χ2v) is 8.50. The van der Waals surface area contributed by atoms with Gasteiger partial charge in [-0.2, -0.15) is 0 Å². The van der Waals surface area contributed by atoms with Crippen LogP contribution in [0.1, 0.15) is 25.7 Å². The Labute approximate surface area is 194 Å². The fourth-order valence-corrected chi connectivity index (χ4v) is 4.61. The fourth-order valence-electron chi connectivity index (χ4n) is 4.61. The van der Waals surface area contributed by atoms with Crippen LogP contribution in [0.2, 0.25) is 0 Å².